The minimum Gasteiger partial charge on any atom is -0.381 e. The summed E-state index contributed by atoms with van der Waals surface area (Å²) in [5, 5.41) is 2.88. The molecule has 0 saturated carbocycles. The standard InChI is InChI=1S/C16H25F3N4O3S/c1-12(13-3-9-26-10-4-13)22-5-7-23(8-6-22)27(24,25)15-11-14(16(17,18)19)20-21(15)2/h11-13H,3-10H2,1-2H3. The highest BCUT2D eigenvalue weighted by molar-refractivity contribution is 7.89. The van der Waals surface area contributed by atoms with Gasteiger partial charge in [-0.15, -0.1) is 0 Å². The van der Waals surface area contributed by atoms with E-state index in [1.54, 1.807) is 0 Å². The highest BCUT2D eigenvalue weighted by Gasteiger charge is 2.39. The molecule has 1 aromatic rings. The van der Waals surface area contributed by atoms with E-state index >= 15 is 0 Å². The van der Waals surface area contributed by atoms with Gasteiger partial charge < -0.3 is 4.74 Å². The maximum Gasteiger partial charge on any atom is 0.435 e. The van der Waals surface area contributed by atoms with Crippen molar-refractivity contribution >= 4 is 10.0 Å². The first-order chi connectivity index (χ1) is 12.6. The lowest BCUT2D eigenvalue weighted by Gasteiger charge is -2.41. The quantitative estimate of drug-likeness (QED) is 0.754. The Kier molecular flexibility index (Phi) is 5.85. The minimum atomic E-state index is -4.68. The van der Waals surface area contributed by atoms with E-state index in [1.165, 1.54) is 11.4 Å². The van der Waals surface area contributed by atoms with Crippen LogP contribution in [0.5, 0.6) is 0 Å². The average molecular weight is 410 g/mol. The number of aryl methyl sites for hydroxylation is 1. The van der Waals surface area contributed by atoms with Crippen molar-refractivity contribution in [1.29, 1.82) is 0 Å². The molecule has 1 aromatic heterocycles. The Morgan fingerprint density at radius 3 is 2.30 bits per heavy atom. The molecule has 11 heteroatoms. The van der Waals surface area contributed by atoms with Gasteiger partial charge in [-0.05, 0) is 25.7 Å². The van der Waals surface area contributed by atoms with Crippen molar-refractivity contribution in [2.45, 2.75) is 37.0 Å². The van der Waals surface area contributed by atoms with E-state index in [9.17, 15) is 21.6 Å². The molecular weight excluding hydrogens is 385 g/mol. The van der Waals surface area contributed by atoms with Crippen molar-refractivity contribution in [3.63, 3.8) is 0 Å². The number of aromatic nitrogens is 2. The fourth-order valence-electron chi connectivity index (χ4n) is 3.81. The molecule has 1 atom stereocenters. The van der Waals surface area contributed by atoms with Crippen LogP contribution in [0.3, 0.4) is 0 Å². The number of hydrogen-bond donors (Lipinski definition) is 0. The van der Waals surface area contributed by atoms with Gasteiger partial charge in [0.15, 0.2) is 10.7 Å². The summed E-state index contributed by atoms with van der Waals surface area (Å²) in [6.45, 7) is 5.28. The second-order valence-electron chi connectivity index (χ2n) is 7.12. The third-order valence-corrected chi connectivity index (χ3v) is 7.48. The highest BCUT2D eigenvalue weighted by atomic mass is 32.2. The Balaban J connectivity index is 1.67. The molecule has 2 saturated heterocycles. The van der Waals surface area contributed by atoms with Gasteiger partial charge in [0, 0.05) is 58.5 Å². The monoisotopic (exact) mass is 410 g/mol. The minimum absolute atomic E-state index is 0.252. The summed E-state index contributed by atoms with van der Waals surface area (Å²) in [5.74, 6) is 0.522. The number of piperazine rings is 1. The SMILES string of the molecule is CC(C1CCOCC1)N1CCN(S(=O)(=O)c2cc(C(F)(F)F)nn2C)CC1. The van der Waals surface area contributed by atoms with Crippen LogP contribution in [0.4, 0.5) is 13.2 Å². The van der Waals surface area contributed by atoms with Gasteiger partial charge in [-0.2, -0.15) is 22.6 Å². The van der Waals surface area contributed by atoms with E-state index in [0.717, 1.165) is 30.7 Å². The summed E-state index contributed by atoms with van der Waals surface area (Å²) in [6.07, 6.45) is -2.69. The van der Waals surface area contributed by atoms with Crippen LogP contribution in [-0.2, 0) is 28.0 Å². The van der Waals surface area contributed by atoms with E-state index in [2.05, 4.69) is 16.9 Å². The number of rotatable bonds is 4. The molecule has 154 valence electrons. The summed E-state index contributed by atoms with van der Waals surface area (Å²) in [4.78, 5) is 2.26. The van der Waals surface area contributed by atoms with Crippen LogP contribution in [-0.4, -0.2) is 72.8 Å². The van der Waals surface area contributed by atoms with Gasteiger partial charge in [0.25, 0.3) is 10.0 Å². The van der Waals surface area contributed by atoms with E-state index in [0.29, 0.717) is 31.1 Å². The molecule has 2 aliphatic rings. The molecule has 1 unspecified atom stereocenters. The molecule has 0 amide bonds. The molecule has 0 aromatic carbocycles. The predicted molar refractivity (Wildman–Crippen MR) is 91.5 cm³/mol. The third kappa shape index (κ3) is 4.30. The number of alkyl halides is 3. The summed E-state index contributed by atoms with van der Waals surface area (Å²) >= 11 is 0. The van der Waals surface area contributed by atoms with Crippen LogP contribution in [0.2, 0.25) is 0 Å². The second kappa shape index (κ2) is 7.69. The van der Waals surface area contributed by atoms with Crippen molar-refractivity contribution in [3.8, 4) is 0 Å². The number of sulfonamides is 1. The molecule has 0 aliphatic carbocycles. The van der Waals surface area contributed by atoms with Crippen molar-refractivity contribution in [2.24, 2.45) is 13.0 Å². The van der Waals surface area contributed by atoms with Gasteiger partial charge >= 0.3 is 6.18 Å². The lowest BCUT2D eigenvalue weighted by atomic mass is 9.91. The largest absolute Gasteiger partial charge is 0.435 e. The number of halogens is 3. The van der Waals surface area contributed by atoms with E-state index < -0.39 is 26.9 Å². The van der Waals surface area contributed by atoms with Gasteiger partial charge in [0.2, 0.25) is 0 Å². The van der Waals surface area contributed by atoms with Crippen LogP contribution < -0.4 is 0 Å². The van der Waals surface area contributed by atoms with E-state index in [4.69, 9.17) is 4.74 Å². The number of hydrogen-bond acceptors (Lipinski definition) is 5. The van der Waals surface area contributed by atoms with E-state index in [-0.39, 0.29) is 13.1 Å². The smallest absolute Gasteiger partial charge is 0.381 e. The van der Waals surface area contributed by atoms with Gasteiger partial charge in [0.05, 0.1) is 0 Å². The molecular formula is C16H25F3N4O3S. The van der Waals surface area contributed by atoms with Gasteiger partial charge in [-0.25, -0.2) is 8.42 Å². The molecule has 0 bridgehead atoms. The zero-order valence-electron chi connectivity index (χ0n) is 15.4. The molecule has 0 N–H and O–H groups in total. The zero-order valence-corrected chi connectivity index (χ0v) is 16.3. The van der Waals surface area contributed by atoms with E-state index in [1.807, 2.05) is 0 Å². The molecule has 3 heterocycles. The van der Waals surface area contributed by atoms with Crippen molar-refractivity contribution in [2.75, 3.05) is 39.4 Å². The lowest BCUT2D eigenvalue weighted by Crippen LogP contribution is -2.53. The Bertz CT molecular complexity index is 751. The summed E-state index contributed by atoms with van der Waals surface area (Å²) in [6, 6.07) is 0.930. The molecule has 27 heavy (non-hydrogen) atoms. The molecule has 0 radical (unpaired) electrons. The molecule has 2 fully saturated rings. The molecule has 0 spiro atoms. The molecule has 3 rings (SSSR count). The molecule has 2 aliphatic heterocycles. The van der Waals surface area contributed by atoms with Crippen LogP contribution in [0, 0.1) is 5.92 Å². The highest BCUT2D eigenvalue weighted by Crippen LogP contribution is 2.31. The number of ether oxygens (including phenoxy) is 1. The molecule has 7 nitrogen and oxygen atoms in total. The average Bonchev–Trinajstić information content (AvgIpc) is 3.05. The van der Waals surface area contributed by atoms with Gasteiger partial charge in [-0.1, -0.05) is 0 Å². The van der Waals surface area contributed by atoms with Crippen LogP contribution >= 0.6 is 0 Å². The first-order valence-corrected chi connectivity index (χ1v) is 10.5. The first-order valence-electron chi connectivity index (χ1n) is 9.04. The Morgan fingerprint density at radius 2 is 1.78 bits per heavy atom. The second-order valence-corrected chi connectivity index (χ2v) is 9.00. The summed E-state index contributed by atoms with van der Waals surface area (Å²) < 4.78 is 71.5. The van der Waals surface area contributed by atoms with Crippen LogP contribution in [0.1, 0.15) is 25.5 Å². The maximum absolute atomic E-state index is 12.8. The predicted octanol–water partition coefficient (Wildman–Crippen LogP) is 1.56. The van der Waals surface area contributed by atoms with Crippen molar-refractivity contribution in [1.82, 2.24) is 19.0 Å². The fraction of sp³-hybridized carbons (Fsp3) is 0.812. The topological polar surface area (TPSA) is 67.7 Å². The fourth-order valence-corrected chi connectivity index (χ4v) is 5.35. The first kappa shape index (κ1) is 20.6. The number of nitrogens with zero attached hydrogens (tertiary/aromatic N) is 4. The lowest BCUT2D eigenvalue weighted by molar-refractivity contribution is -0.141. The summed E-state index contributed by atoms with van der Waals surface area (Å²) in [5.41, 5.74) is -1.20. The normalized spacial score (nSPS) is 22.9. The van der Waals surface area contributed by atoms with Crippen LogP contribution in [0.25, 0.3) is 0 Å². The van der Waals surface area contributed by atoms with Crippen LogP contribution in [0.15, 0.2) is 11.1 Å². The summed E-state index contributed by atoms with van der Waals surface area (Å²) in [7, 11) is -2.81. The maximum atomic E-state index is 12.8. The van der Waals surface area contributed by atoms with Crippen molar-refractivity contribution < 1.29 is 26.3 Å². The Morgan fingerprint density at radius 1 is 1.19 bits per heavy atom. The van der Waals surface area contributed by atoms with Gasteiger partial charge in [-0.3, -0.25) is 9.58 Å². The van der Waals surface area contributed by atoms with Crippen molar-refractivity contribution in [3.05, 3.63) is 11.8 Å². The Labute approximate surface area is 157 Å². The third-order valence-electron chi connectivity index (χ3n) is 5.53. The Hall–Kier alpha value is -1.17. The van der Waals surface area contributed by atoms with Gasteiger partial charge in [0.1, 0.15) is 0 Å². The zero-order chi connectivity index (χ0) is 19.8.